The Kier molecular flexibility index (Phi) is 5.57. The number of carbonyl (C=O) groups excluding carboxylic acids is 1. The lowest BCUT2D eigenvalue weighted by molar-refractivity contribution is 0.0790. The van der Waals surface area contributed by atoms with E-state index in [-0.39, 0.29) is 11.8 Å². The molecule has 0 saturated carbocycles. The second-order valence-electron chi connectivity index (χ2n) is 4.34. The summed E-state index contributed by atoms with van der Waals surface area (Å²) in [5.74, 6) is 5.50. The minimum absolute atomic E-state index is 0.0731. The fourth-order valence-electron chi connectivity index (χ4n) is 1.57. The lowest BCUT2D eigenvalue weighted by Gasteiger charge is -2.17. The molecule has 1 aromatic rings. The average molecular weight is 275 g/mol. The zero-order valence-electron chi connectivity index (χ0n) is 11.4. The summed E-state index contributed by atoms with van der Waals surface area (Å²) in [7, 11) is 1.70. The molecular weight excluding hydrogens is 258 g/mol. The van der Waals surface area contributed by atoms with Gasteiger partial charge < -0.3 is 10.6 Å². The number of nitrogens with two attached hydrogens (primary N) is 1. The Hall–Kier alpha value is -1.82. The van der Waals surface area contributed by atoms with Crippen LogP contribution in [0.1, 0.15) is 27.0 Å². The van der Waals surface area contributed by atoms with E-state index in [2.05, 4.69) is 17.9 Å². The van der Waals surface area contributed by atoms with Crippen molar-refractivity contribution in [3.8, 4) is 17.9 Å². The van der Waals surface area contributed by atoms with Gasteiger partial charge >= 0.3 is 0 Å². The molecule has 1 aromatic heterocycles. The summed E-state index contributed by atoms with van der Waals surface area (Å²) in [5.41, 5.74) is 6.32. The Labute approximate surface area is 117 Å². The molecule has 0 aliphatic rings. The molecule has 0 bridgehead atoms. The highest BCUT2D eigenvalue weighted by atomic mass is 32.1. The molecule has 19 heavy (non-hydrogen) atoms. The number of hydrogen-bond donors (Lipinski definition) is 1. The lowest BCUT2D eigenvalue weighted by Crippen LogP contribution is -2.30. The summed E-state index contributed by atoms with van der Waals surface area (Å²) in [6.45, 7) is 4.45. The van der Waals surface area contributed by atoms with E-state index < -0.39 is 0 Å². The van der Waals surface area contributed by atoms with Gasteiger partial charge in [0.15, 0.2) is 0 Å². The topological polar surface area (TPSA) is 70.1 Å². The number of nitrogens with zero attached hydrogens (tertiary/aromatic N) is 2. The third-order valence-corrected chi connectivity index (χ3v) is 3.69. The van der Waals surface area contributed by atoms with Gasteiger partial charge in [0.25, 0.3) is 5.91 Å². The maximum atomic E-state index is 12.2. The molecule has 1 atom stereocenters. The molecule has 1 unspecified atom stereocenters. The van der Waals surface area contributed by atoms with E-state index in [0.717, 1.165) is 10.4 Å². The molecule has 0 aliphatic heterocycles. The van der Waals surface area contributed by atoms with Crippen LogP contribution in [0.4, 0.5) is 0 Å². The van der Waals surface area contributed by atoms with Crippen molar-refractivity contribution in [1.82, 2.24) is 4.90 Å². The van der Waals surface area contributed by atoms with Gasteiger partial charge in [0.05, 0.1) is 28.3 Å². The zero-order valence-corrected chi connectivity index (χ0v) is 12.2. The SMILES string of the molecule is Cc1cc(C(=O)N(C)CC(C)C#N)sc1C#CCN. The first kappa shape index (κ1) is 15.2. The summed E-state index contributed by atoms with van der Waals surface area (Å²) in [4.78, 5) is 15.3. The summed E-state index contributed by atoms with van der Waals surface area (Å²) < 4.78 is 0. The van der Waals surface area contributed by atoms with Gasteiger partial charge in [-0.3, -0.25) is 4.79 Å². The second-order valence-corrected chi connectivity index (χ2v) is 5.40. The van der Waals surface area contributed by atoms with Crippen LogP contribution in [0.2, 0.25) is 0 Å². The molecule has 100 valence electrons. The number of nitriles is 1. The normalized spacial score (nSPS) is 11.1. The average Bonchev–Trinajstić information content (AvgIpc) is 2.76. The van der Waals surface area contributed by atoms with Crippen molar-refractivity contribution in [2.24, 2.45) is 11.7 Å². The number of thiophene rings is 1. The second kappa shape index (κ2) is 6.94. The first-order valence-corrected chi connectivity index (χ1v) is 6.75. The number of rotatable bonds is 3. The molecule has 0 fully saturated rings. The molecule has 1 rings (SSSR count). The molecular formula is C14H17N3OS. The van der Waals surface area contributed by atoms with Crippen molar-refractivity contribution < 1.29 is 4.79 Å². The Morgan fingerprint density at radius 1 is 1.63 bits per heavy atom. The van der Waals surface area contributed by atoms with Crippen molar-refractivity contribution in [2.75, 3.05) is 20.1 Å². The molecule has 1 heterocycles. The highest BCUT2D eigenvalue weighted by molar-refractivity contribution is 7.14. The minimum Gasteiger partial charge on any atom is -0.340 e. The van der Waals surface area contributed by atoms with Crippen molar-refractivity contribution >= 4 is 17.2 Å². The first-order valence-electron chi connectivity index (χ1n) is 5.94. The number of hydrogen-bond acceptors (Lipinski definition) is 4. The molecule has 0 saturated heterocycles. The number of amides is 1. The third-order valence-electron chi connectivity index (χ3n) is 2.55. The van der Waals surface area contributed by atoms with E-state index in [1.807, 2.05) is 13.0 Å². The predicted molar refractivity (Wildman–Crippen MR) is 76.7 cm³/mol. The van der Waals surface area contributed by atoms with Crippen LogP contribution in [-0.2, 0) is 0 Å². The Bertz CT molecular complexity index is 559. The van der Waals surface area contributed by atoms with Gasteiger partial charge in [-0.25, -0.2) is 0 Å². The van der Waals surface area contributed by atoms with E-state index in [0.29, 0.717) is 18.0 Å². The van der Waals surface area contributed by atoms with Crippen LogP contribution in [0.5, 0.6) is 0 Å². The van der Waals surface area contributed by atoms with E-state index in [9.17, 15) is 4.79 Å². The fraction of sp³-hybridized carbons (Fsp3) is 0.429. The number of aryl methyl sites for hydroxylation is 1. The van der Waals surface area contributed by atoms with E-state index >= 15 is 0 Å². The van der Waals surface area contributed by atoms with E-state index in [1.54, 1.807) is 18.9 Å². The van der Waals surface area contributed by atoms with Crippen molar-refractivity contribution in [2.45, 2.75) is 13.8 Å². The van der Waals surface area contributed by atoms with Crippen molar-refractivity contribution in [3.63, 3.8) is 0 Å². The molecule has 2 N–H and O–H groups in total. The maximum absolute atomic E-state index is 12.2. The maximum Gasteiger partial charge on any atom is 0.263 e. The molecule has 0 aromatic carbocycles. The summed E-state index contributed by atoms with van der Waals surface area (Å²) in [5, 5.41) is 8.77. The van der Waals surface area contributed by atoms with Gasteiger partial charge in [0.2, 0.25) is 0 Å². The zero-order chi connectivity index (χ0) is 14.4. The number of carbonyl (C=O) groups is 1. The highest BCUT2D eigenvalue weighted by Crippen LogP contribution is 2.22. The minimum atomic E-state index is -0.175. The van der Waals surface area contributed by atoms with Gasteiger partial charge in [-0.2, -0.15) is 5.26 Å². The molecule has 0 radical (unpaired) electrons. The van der Waals surface area contributed by atoms with Gasteiger partial charge in [-0.15, -0.1) is 11.3 Å². The quantitative estimate of drug-likeness (QED) is 0.852. The van der Waals surface area contributed by atoms with Crippen molar-refractivity contribution in [1.29, 1.82) is 5.26 Å². The molecule has 0 aliphatic carbocycles. The van der Waals surface area contributed by atoms with Crippen LogP contribution in [-0.4, -0.2) is 30.9 Å². The monoisotopic (exact) mass is 275 g/mol. The first-order chi connectivity index (χ1) is 8.99. The summed E-state index contributed by atoms with van der Waals surface area (Å²) in [6, 6.07) is 3.95. The standard InChI is InChI=1S/C14H17N3OS/c1-10(8-16)9-17(3)14(18)13-7-11(2)12(19-13)5-4-6-15/h7,10H,6,9,15H2,1-3H3. The molecule has 1 amide bonds. The fourth-order valence-corrected chi connectivity index (χ4v) is 2.61. The lowest BCUT2D eigenvalue weighted by atomic mass is 10.2. The summed E-state index contributed by atoms with van der Waals surface area (Å²) >= 11 is 1.37. The van der Waals surface area contributed by atoms with E-state index in [1.165, 1.54) is 11.3 Å². The van der Waals surface area contributed by atoms with Crippen molar-refractivity contribution in [3.05, 3.63) is 21.4 Å². The van der Waals surface area contributed by atoms with Crippen LogP contribution in [0.15, 0.2) is 6.07 Å². The van der Waals surface area contributed by atoms with Gasteiger partial charge in [-0.05, 0) is 25.5 Å². The van der Waals surface area contributed by atoms with E-state index in [4.69, 9.17) is 11.0 Å². The van der Waals surface area contributed by atoms with Crippen LogP contribution in [0.3, 0.4) is 0 Å². The smallest absolute Gasteiger partial charge is 0.263 e. The van der Waals surface area contributed by atoms with Crippen LogP contribution in [0.25, 0.3) is 0 Å². The molecule has 4 nitrogen and oxygen atoms in total. The summed E-state index contributed by atoms with van der Waals surface area (Å²) in [6.07, 6.45) is 0. The van der Waals surface area contributed by atoms with Crippen LogP contribution in [0, 0.1) is 36.0 Å². The van der Waals surface area contributed by atoms with Gasteiger partial charge in [-0.1, -0.05) is 11.8 Å². The predicted octanol–water partition coefficient (Wildman–Crippen LogP) is 1.60. The Balaban J connectivity index is 2.86. The van der Waals surface area contributed by atoms with Gasteiger partial charge in [0.1, 0.15) is 0 Å². The van der Waals surface area contributed by atoms with Crippen LogP contribution >= 0.6 is 11.3 Å². The highest BCUT2D eigenvalue weighted by Gasteiger charge is 2.17. The Morgan fingerprint density at radius 2 is 2.32 bits per heavy atom. The molecule has 0 spiro atoms. The Morgan fingerprint density at radius 3 is 2.89 bits per heavy atom. The van der Waals surface area contributed by atoms with Crippen LogP contribution < -0.4 is 5.73 Å². The van der Waals surface area contributed by atoms with Gasteiger partial charge in [0, 0.05) is 13.6 Å². The molecule has 5 heteroatoms. The third kappa shape index (κ3) is 4.10. The largest absolute Gasteiger partial charge is 0.340 e.